The highest BCUT2D eigenvalue weighted by molar-refractivity contribution is 5.86. The SMILES string of the molecule is CC(C)C[C@@H](O)C(=O)N[C@H](C[C@@H](C)C#N)C(=O)O. The average Bonchev–Trinajstić information content (AvgIpc) is 2.26. The van der Waals surface area contributed by atoms with Crippen LogP contribution in [0.1, 0.15) is 33.6 Å². The Balaban J connectivity index is 4.46. The zero-order valence-corrected chi connectivity index (χ0v) is 10.9. The third-order valence-electron chi connectivity index (χ3n) is 2.42. The first-order valence-electron chi connectivity index (χ1n) is 5.88. The number of nitriles is 1. The van der Waals surface area contributed by atoms with Gasteiger partial charge in [-0.1, -0.05) is 13.8 Å². The molecule has 6 nitrogen and oxygen atoms in total. The second-order valence-electron chi connectivity index (χ2n) is 4.81. The van der Waals surface area contributed by atoms with E-state index in [1.54, 1.807) is 6.92 Å². The highest BCUT2D eigenvalue weighted by atomic mass is 16.4. The Bertz CT molecular complexity index is 335. The Hall–Kier alpha value is -1.61. The minimum atomic E-state index is -1.22. The maximum Gasteiger partial charge on any atom is 0.326 e. The van der Waals surface area contributed by atoms with Crippen LogP contribution < -0.4 is 5.32 Å². The molecule has 0 aromatic rings. The lowest BCUT2D eigenvalue weighted by molar-refractivity contribution is -0.144. The molecule has 0 rings (SSSR count). The molecular weight excluding hydrogens is 236 g/mol. The Labute approximate surface area is 107 Å². The number of aliphatic hydroxyl groups is 1. The summed E-state index contributed by atoms with van der Waals surface area (Å²) in [6.45, 7) is 5.28. The van der Waals surface area contributed by atoms with Crippen molar-refractivity contribution in [3.05, 3.63) is 0 Å². The van der Waals surface area contributed by atoms with Crippen molar-refractivity contribution in [2.75, 3.05) is 0 Å². The molecule has 0 radical (unpaired) electrons. The zero-order valence-electron chi connectivity index (χ0n) is 10.9. The Morgan fingerprint density at radius 3 is 2.22 bits per heavy atom. The molecule has 0 aliphatic rings. The molecule has 0 heterocycles. The summed E-state index contributed by atoms with van der Waals surface area (Å²) in [5.74, 6) is -2.26. The summed E-state index contributed by atoms with van der Waals surface area (Å²) in [5, 5.41) is 29.3. The molecule has 0 spiro atoms. The monoisotopic (exact) mass is 256 g/mol. The molecular formula is C12H20N2O4. The number of carboxylic acids is 1. The van der Waals surface area contributed by atoms with Gasteiger partial charge in [0.15, 0.2) is 0 Å². The number of nitrogens with zero attached hydrogens (tertiary/aromatic N) is 1. The molecule has 0 saturated heterocycles. The van der Waals surface area contributed by atoms with Gasteiger partial charge in [0.25, 0.3) is 0 Å². The van der Waals surface area contributed by atoms with E-state index in [-0.39, 0.29) is 18.8 Å². The van der Waals surface area contributed by atoms with Crippen molar-refractivity contribution in [2.45, 2.75) is 45.8 Å². The number of carbonyl (C=O) groups excluding carboxylic acids is 1. The van der Waals surface area contributed by atoms with Gasteiger partial charge in [0.2, 0.25) is 5.91 Å². The summed E-state index contributed by atoms with van der Waals surface area (Å²) in [5.41, 5.74) is 0. The molecule has 0 saturated carbocycles. The quantitative estimate of drug-likeness (QED) is 0.614. The number of hydrogen-bond donors (Lipinski definition) is 3. The summed E-state index contributed by atoms with van der Waals surface area (Å²) in [4.78, 5) is 22.5. The first-order chi connectivity index (χ1) is 8.27. The van der Waals surface area contributed by atoms with Crippen LogP contribution in [0.3, 0.4) is 0 Å². The number of aliphatic hydroxyl groups excluding tert-OH is 1. The molecule has 0 unspecified atom stereocenters. The van der Waals surface area contributed by atoms with Crippen molar-refractivity contribution in [2.24, 2.45) is 11.8 Å². The van der Waals surface area contributed by atoms with E-state index in [0.717, 1.165) is 0 Å². The van der Waals surface area contributed by atoms with Gasteiger partial charge in [0.05, 0.1) is 6.07 Å². The fraction of sp³-hybridized carbons (Fsp3) is 0.750. The maximum absolute atomic E-state index is 11.6. The van der Waals surface area contributed by atoms with E-state index < -0.39 is 29.9 Å². The highest BCUT2D eigenvalue weighted by Gasteiger charge is 2.25. The van der Waals surface area contributed by atoms with Gasteiger partial charge in [-0.3, -0.25) is 4.79 Å². The van der Waals surface area contributed by atoms with Crippen molar-refractivity contribution < 1.29 is 19.8 Å². The van der Waals surface area contributed by atoms with Crippen LogP contribution in [0.25, 0.3) is 0 Å². The van der Waals surface area contributed by atoms with E-state index in [0.29, 0.717) is 0 Å². The lowest BCUT2D eigenvalue weighted by Gasteiger charge is -2.18. The predicted molar refractivity (Wildman–Crippen MR) is 64.4 cm³/mol. The van der Waals surface area contributed by atoms with Crippen LogP contribution >= 0.6 is 0 Å². The number of nitrogens with one attached hydrogen (secondary N) is 1. The second kappa shape index (κ2) is 7.67. The van der Waals surface area contributed by atoms with Crippen LogP contribution in [0.2, 0.25) is 0 Å². The first kappa shape index (κ1) is 16.4. The van der Waals surface area contributed by atoms with E-state index in [1.165, 1.54) is 0 Å². The number of aliphatic carboxylic acids is 1. The van der Waals surface area contributed by atoms with Gasteiger partial charge in [0, 0.05) is 5.92 Å². The van der Waals surface area contributed by atoms with E-state index in [1.807, 2.05) is 19.9 Å². The summed E-state index contributed by atoms with van der Waals surface area (Å²) < 4.78 is 0. The topological polar surface area (TPSA) is 110 Å². The van der Waals surface area contributed by atoms with Crippen LogP contribution in [0.5, 0.6) is 0 Å². The molecule has 1 amide bonds. The van der Waals surface area contributed by atoms with Gasteiger partial charge < -0.3 is 15.5 Å². The Kier molecular flexibility index (Phi) is 6.98. The molecule has 18 heavy (non-hydrogen) atoms. The molecule has 0 fully saturated rings. The van der Waals surface area contributed by atoms with Crippen LogP contribution in [-0.4, -0.2) is 34.2 Å². The van der Waals surface area contributed by atoms with Gasteiger partial charge in [0.1, 0.15) is 12.1 Å². The number of hydrogen-bond acceptors (Lipinski definition) is 4. The zero-order chi connectivity index (χ0) is 14.3. The Morgan fingerprint density at radius 2 is 1.83 bits per heavy atom. The lowest BCUT2D eigenvalue weighted by atomic mass is 10.0. The Morgan fingerprint density at radius 1 is 1.28 bits per heavy atom. The highest BCUT2D eigenvalue weighted by Crippen LogP contribution is 2.08. The summed E-state index contributed by atoms with van der Waals surface area (Å²) in [7, 11) is 0. The third kappa shape index (κ3) is 6.21. The second-order valence-corrected chi connectivity index (χ2v) is 4.81. The molecule has 0 aromatic carbocycles. The van der Waals surface area contributed by atoms with Crippen molar-refractivity contribution in [1.82, 2.24) is 5.32 Å². The molecule has 3 N–H and O–H groups in total. The number of amides is 1. The van der Waals surface area contributed by atoms with Crippen LogP contribution in [0.4, 0.5) is 0 Å². The molecule has 6 heteroatoms. The normalized spacial score (nSPS) is 15.6. The molecule has 0 bridgehead atoms. The van der Waals surface area contributed by atoms with Crippen molar-refractivity contribution in [3.63, 3.8) is 0 Å². The van der Waals surface area contributed by atoms with Gasteiger partial charge >= 0.3 is 5.97 Å². The van der Waals surface area contributed by atoms with E-state index in [9.17, 15) is 14.7 Å². The maximum atomic E-state index is 11.6. The van der Waals surface area contributed by atoms with Crippen molar-refractivity contribution in [1.29, 1.82) is 5.26 Å². The summed E-state index contributed by atoms with van der Waals surface area (Å²) in [6.07, 6.45) is -0.929. The first-order valence-corrected chi connectivity index (χ1v) is 5.88. The van der Waals surface area contributed by atoms with Crippen LogP contribution in [0.15, 0.2) is 0 Å². The summed E-state index contributed by atoms with van der Waals surface area (Å²) >= 11 is 0. The van der Waals surface area contributed by atoms with Crippen molar-refractivity contribution >= 4 is 11.9 Å². The van der Waals surface area contributed by atoms with Gasteiger partial charge in [-0.15, -0.1) is 0 Å². The third-order valence-corrected chi connectivity index (χ3v) is 2.42. The van der Waals surface area contributed by atoms with E-state index in [2.05, 4.69) is 5.32 Å². The predicted octanol–water partition coefficient (Wildman–Crippen LogP) is 0.513. The molecule has 0 aromatic heterocycles. The smallest absolute Gasteiger partial charge is 0.326 e. The standard InChI is InChI=1S/C12H20N2O4/c1-7(2)4-10(15)11(16)14-9(12(17)18)5-8(3)6-13/h7-10,15H,4-5H2,1-3H3,(H,14,16)(H,17,18)/t8-,9-,10-/m1/s1. The average molecular weight is 256 g/mol. The molecule has 3 atom stereocenters. The number of rotatable bonds is 7. The largest absolute Gasteiger partial charge is 0.480 e. The number of carboxylic acid groups (broad SMARTS) is 1. The lowest BCUT2D eigenvalue weighted by Crippen LogP contribution is -2.46. The molecule has 0 aliphatic heterocycles. The fourth-order valence-corrected chi connectivity index (χ4v) is 1.45. The fourth-order valence-electron chi connectivity index (χ4n) is 1.45. The minimum absolute atomic E-state index is 0.0198. The van der Waals surface area contributed by atoms with Crippen LogP contribution in [0, 0.1) is 23.2 Å². The van der Waals surface area contributed by atoms with E-state index in [4.69, 9.17) is 10.4 Å². The van der Waals surface area contributed by atoms with E-state index >= 15 is 0 Å². The van der Waals surface area contributed by atoms with Gasteiger partial charge in [-0.25, -0.2) is 4.79 Å². The molecule has 102 valence electrons. The van der Waals surface area contributed by atoms with Gasteiger partial charge in [-0.2, -0.15) is 5.26 Å². The number of carbonyl (C=O) groups is 2. The minimum Gasteiger partial charge on any atom is -0.480 e. The van der Waals surface area contributed by atoms with Gasteiger partial charge in [-0.05, 0) is 25.7 Å². The van der Waals surface area contributed by atoms with Crippen molar-refractivity contribution in [3.8, 4) is 6.07 Å². The molecule has 0 aliphatic carbocycles. The van der Waals surface area contributed by atoms with Crippen LogP contribution in [-0.2, 0) is 9.59 Å². The summed E-state index contributed by atoms with van der Waals surface area (Å²) in [6, 6.07) is 0.763.